The van der Waals surface area contributed by atoms with E-state index in [1.807, 2.05) is 7.05 Å². The molecular formula is C17H28N2O. The molecular weight excluding hydrogens is 248 g/mol. The van der Waals surface area contributed by atoms with Crippen molar-refractivity contribution in [3.05, 3.63) is 23.2 Å². The summed E-state index contributed by atoms with van der Waals surface area (Å²) in [5.74, 6) is 3.17. The molecule has 2 heterocycles. The van der Waals surface area contributed by atoms with E-state index in [1.165, 1.54) is 50.6 Å². The minimum Gasteiger partial charge on any atom is -0.465 e. The third-order valence-corrected chi connectivity index (χ3v) is 5.16. The summed E-state index contributed by atoms with van der Waals surface area (Å²) in [6.45, 7) is 5.24. The quantitative estimate of drug-likeness (QED) is 0.892. The van der Waals surface area contributed by atoms with Crippen LogP contribution in [0.3, 0.4) is 0 Å². The molecule has 0 radical (unpaired) electrons. The maximum atomic E-state index is 5.96. The Morgan fingerprint density at radius 1 is 1.25 bits per heavy atom. The Kier molecular flexibility index (Phi) is 4.47. The molecule has 112 valence electrons. The fourth-order valence-electron chi connectivity index (χ4n) is 4.16. The van der Waals surface area contributed by atoms with E-state index < -0.39 is 0 Å². The lowest BCUT2D eigenvalue weighted by molar-refractivity contribution is 0.170. The van der Waals surface area contributed by atoms with Gasteiger partial charge in [0.25, 0.3) is 0 Å². The summed E-state index contributed by atoms with van der Waals surface area (Å²) < 4.78 is 5.96. The van der Waals surface area contributed by atoms with Gasteiger partial charge in [-0.2, -0.15) is 0 Å². The lowest BCUT2D eigenvalue weighted by atomic mass is 9.96. The van der Waals surface area contributed by atoms with Crippen LogP contribution in [0.15, 0.2) is 10.5 Å². The molecule has 3 heteroatoms. The zero-order chi connectivity index (χ0) is 13.9. The van der Waals surface area contributed by atoms with Crippen LogP contribution in [0.5, 0.6) is 0 Å². The number of furan rings is 1. The summed E-state index contributed by atoms with van der Waals surface area (Å²) >= 11 is 0. The normalized spacial score (nSPS) is 24.8. The monoisotopic (exact) mass is 276 g/mol. The Balaban J connectivity index is 1.65. The average molecular weight is 276 g/mol. The standard InChI is InChI=1S/C17H28N2O/c1-13-15(11-18-2)10-16(20-13)12-19-9-5-8-17(19)14-6-3-4-7-14/h10,14,17-18H,3-9,11-12H2,1-2H3. The lowest BCUT2D eigenvalue weighted by Crippen LogP contribution is -2.34. The second-order valence-corrected chi connectivity index (χ2v) is 6.55. The largest absolute Gasteiger partial charge is 0.465 e. The zero-order valence-electron chi connectivity index (χ0n) is 13.0. The zero-order valence-corrected chi connectivity index (χ0v) is 13.0. The van der Waals surface area contributed by atoms with Crippen LogP contribution in [0.25, 0.3) is 0 Å². The van der Waals surface area contributed by atoms with Crippen LogP contribution in [-0.4, -0.2) is 24.5 Å². The molecule has 1 aromatic rings. The molecule has 1 N–H and O–H groups in total. The maximum Gasteiger partial charge on any atom is 0.118 e. The number of hydrogen-bond acceptors (Lipinski definition) is 3. The molecule has 3 rings (SSSR count). The molecule has 1 aliphatic heterocycles. The smallest absolute Gasteiger partial charge is 0.118 e. The Morgan fingerprint density at radius 2 is 2.05 bits per heavy atom. The van der Waals surface area contributed by atoms with Gasteiger partial charge in [-0.25, -0.2) is 0 Å². The predicted molar refractivity (Wildman–Crippen MR) is 81.6 cm³/mol. The summed E-state index contributed by atoms with van der Waals surface area (Å²) in [6, 6.07) is 3.06. The molecule has 2 aliphatic rings. The topological polar surface area (TPSA) is 28.4 Å². The van der Waals surface area contributed by atoms with Crippen LogP contribution >= 0.6 is 0 Å². The lowest BCUT2D eigenvalue weighted by Gasteiger charge is -2.28. The summed E-state index contributed by atoms with van der Waals surface area (Å²) in [5.41, 5.74) is 1.30. The van der Waals surface area contributed by atoms with Gasteiger partial charge in [0.05, 0.1) is 6.54 Å². The Bertz CT molecular complexity index is 434. The molecule has 1 saturated heterocycles. The van der Waals surface area contributed by atoms with E-state index in [0.717, 1.165) is 36.6 Å². The van der Waals surface area contributed by atoms with Crippen molar-refractivity contribution in [1.82, 2.24) is 10.2 Å². The molecule has 3 nitrogen and oxygen atoms in total. The Hall–Kier alpha value is -0.800. The number of nitrogens with zero attached hydrogens (tertiary/aromatic N) is 1. The first-order valence-electron chi connectivity index (χ1n) is 8.24. The molecule has 1 saturated carbocycles. The van der Waals surface area contributed by atoms with Crippen molar-refractivity contribution in [2.45, 2.75) is 64.6 Å². The molecule has 20 heavy (non-hydrogen) atoms. The molecule has 0 amide bonds. The predicted octanol–water partition coefficient (Wildman–Crippen LogP) is 3.46. The SMILES string of the molecule is CNCc1cc(CN2CCCC2C2CCCC2)oc1C. The van der Waals surface area contributed by atoms with Crippen LogP contribution in [0.1, 0.15) is 55.6 Å². The maximum absolute atomic E-state index is 5.96. The average Bonchev–Trinajstić information content (AvgIpc) is 3.12. The minimum atomic E-state index is 0.815. The van der Waals surface area contributed by atoms with E-state index in [0.29, 0.717) is 0 Å². The number of hydrogen-bond donors (Lipinski definition) is 1. The van der Waals surface area contributed by atoms with Gasteiger partial charge in [-0.15, -0.1) is 0 Å². The first-order chi connectivity index (χ1) is 9.78. The molecule has 1 aliphatic carbocycles. The van der Waals surface area contributed by atoms with Crippen molar-refractivity contribution in [1.29, 1.82) is 0 Å². The Labute approximate surface area is 122 Å². The first kappa shape index (κ1) is 14.2. The number of likely N-dealkylation sites (tertiary alicyclic amines) is 1. The van der Waals surface area contributed by atoms with E-state index in [9.17, 15) is 0 Å². The van der Waals surface area contributed by atoms with Gasteiger partial charge in [0.2, 0.25) is 0 Å². The minimum absolute atomic E-state index is 0.815. The van der Waals surface area contributed by atoms with Gasteiger partial charge in [-0.3, -0.25) is 4.90 Å². The third-order valence-electron chi connectivity index (χ3n) is 5.16. The Morgan fingerprint density at radius 3 is 2.80 bits per heavy atom. The van der Waals surface area contributed by atoms with Gasteiger partial charge in [-0.1, -0.05) is 12.8 Å². The molecule has 0 spiro atoms. The second kappa shape index (κ2) is 6.31. The molecule has 2 fully saturated rings. The van der Waals surface area contributed by atoms with Crippen molar-refractivity contribution < 1.29 is 4.42 Å². The van der Waals surface area contributed by atoms with Gasteiger partial charge in [0, 0.05) is 18.2 Å². The van der Waals surface area contributed by atoms with Crippen molar-refractivity contribution in [2.24, 2.45) is 5.92 Å². The molecule has 1 unspecified atom stereocenters. The van der Waals surface area contributed by atoms with Crippen molar-refractivity contribution in [2.75, 3.05) is 13.6 Å². The van der Waals surface area contributed by atoms with E-state index in [1.54, 1.807) is 0 Å². The van der Waals surface area contributed by atoms with Crippen LogP contribution in [0, 0.1) is 12.8 Å². The van der Waals surface area contributed by atoms with Gasteiger partial charge in [0.1, 0.15) is 11.5 Å². The summed E-state index contributed by atoms with van der Waals surface area (Å²) in [6.07, 6.45) is 8.55. The molecule has 1 atom stereocenters. The van der Waals surface area contributed by atoms with Crippen LogP contribution in [0.2, 0.25) is 0 Å². The van der Waals surface area contributed by atoms with Gasteiger partial charge >= 0.3 is 0 Å². The van der Waals surface area contributed by atoms with Crippen molar-refractivity contribution in [3.63, 3.8) is 0 Å². The highest BCUT2D eigenvalue weighted by Crippen LogP contribution is 2.36. The molecule has 0 bridgehead atoms. The fourth-order valence-corrected chi connectivity index (χ4v) is 4.16. The van der Waals surface area contributed by atoms with Crippen LogP contribution in [-0.2, 0) is 13.1 Å². The summed E-state index contributed by atoms with van der Waals surface area (Å²) in [5, 5.41) is 3.21. The highest BCUT2D eigenvalue weighted by atomic mass is 16.3. The molecule has 1 aromatic heterocycles. The van der Waals surface area contributed by atoms with Crippen LogP contribution in [0.4, 0.5) is 0 Å². The van der Waals surface area contributed by atoms with Crippen LogP contribution < -0.4 is 5.32 Å². The van der Waals surface area contributed by atoms with Gasteiger partial charge < -0.3 is 9.73 Å². The number of rotatable bonds is 5. The fraction of sp³-hybridized carbons (Fsp3) is 0.765. The van der Waals surface area contributed by atoms with E-state index in [2.05, 4.69) is 23.2 Å². The van der Waals surface area contributed by atoms with Gasteiger partial charge in [-0.05, 0) is 58.2 Å². The highest BCUT2D eigenvalue weighted by Gasteiger charge is 2.33. The molecule has 0 aromatic carbocycles. The van der Waals surface area contributed by atoms with E-state index >= 15 is 0 Å². The number of aryl methyl sites for hydroxylation is 1. The summed E-state index contributed by atoms with van der Waals surface area (Å²) in [7, 11) is 1.99. The third kappa shape index (κ3) is 2.94. The summed E-state index contributed by atoms with van der Waals surface area (Å²) in [4.78, 5) is 2.68. The van der Waals surface area contributed by atoms with E-state index in [-0.39, 0.29) is 0 Å². The number of nitrogens with one attached hydrogen (secondary N) is 1. The van der Waals surface area contributed by atoms with Crippen molar-refractivity contribution >= 4 is 0 Å². The van der Waals surface area contributed by atoms with E-state index in [4.69, 9.17) is 4.42 Å². The first-order valence-corrected chi connectivity index (χ1v) is 8.24. The van der Waals surface area contributed by atoms with Gasteiger partial charge in [0.15, 0.2) is 0 Å². The second-order valence-electron chi connectivity index (χ2n) is 6.55. The highest BCUT2D eigenvalue weighted by molar-refractivity contribution is 5.20. The van der Waals surface area contributed by atoms with Crippen molar-refractivity contribution in [3.8, 4) is 0 Å².